The smallest absolute Gasteiger partial charge is 0.338 e. The molecule has 0 aliphatic carbocycles. The van der Waals surface area contributed by atoms with Crippen molar-refractivity contribution in [2.75, 3.05) is 0 Å². The lowest BCUT2D eigenvalue weighted by Gasteiger charge is -2.09. The molecular weight excluding hydrogens is 252 g/mol. The summed E-state index contributed by atoms with van der Waals surface area (Å²) in [5.41, 5.74) is 1.64. The zero-order valence-corrected chi connectivity index (χ0v) is 11.7. The molecule has 2 aromatic carbocycles. The van der Waals surface area contributed by atoms with E-state index in [1.54, 1.807) is 24.3 Å². The maximum absolute atomic E-state index is 11.7. The average molecular weight is 270 g/mol. The fourth-order valence-corrected chi connectivity index (χ4v) is 1.71. The molecule has 0 bridgehead atoms. The summed E-state index contributed by atoms with van der Waals surface area (Å²) in [6.07, 6.45) is -0.114. The second-order valence-corrected chi connectivity index (χ2v) is 4.75. The van der Waals surface area contributed by atoms with Gasteiger partial charge in [0.1, 0.15) is 12.4 Å². The van der Waals surface area contributed by atoms with Gasteiger partial charge < -0.3 is 9.47 Å². The van der Waals surface area contributed by atoms with Crippen LogP contribution in [-0.4, -0.2) is 12.1 Å². The lowest BCUT2D eigenvalue weighted by molar-refractivity contribution is 0.0378. The number of esters is 1. The van der Waals surface area contributed by atoms with E-state index in [1.807, 2.05) is 44.2 Å². The van der Waals surface area contributed by atoms with Crippen molar-refractivity contribution in [2.24, 2.45) is 0 Å². The van der Waals surface area contributed by atoms with Crippen LogP contribution < -0.4 is 4.74 Å². The molecule has 3 nitrogen and oxygen atoms in total. The first kappa shape index (κ1) is 14.1. The fourth-order valence-electron chi connectivity index (χ4n) is 1.71. The predicted octanol–water partition coefficient (Wildman–Crippen LogP) is 3.83. The summed E-state index contributed by atoms with van der Waals surface area (Å²) < 4.78 is 10.8. The largest absolute Gasteiger partial charge is 0.489 e. The number of hydrogen-bond acceptors (Lipinski definition) is 3. The quantitative estimate of drug-likeness (QED) is 0.774. The Bertz CT molecular complexity index is 544. The molecule has 2 aromatic rings. The van der Waals surface area contributed by atoms with E-state index in [-0.39, 0.29) is 12.1 Å². The van der Waals surface area contributed by atoms with Crippen LogP contribution >= 0.6 is 0 Å². The molecular formula is C17H18O3. The Morgan fingerprint density at radius 2 is 1.65 bits per heavy atom. The highest BCUT2D eigenvalue weighted by molar-refractivity contribution is 5.89. The molecule has 0 saturated carbocycles. The third kappa shape index (κ3) is 4.12. The van der Waals surface area contributed by atoms with Gasteiger partial charge in [-0.25, -0.2) is 4.79 Å². The zero-order chi connectivity index (χ0) is 14.4. The lowest BCUT2D eigenvalue weighted by Crippen LogP contribution is -2.11. The molecule has 0 N–H and O–H groups in total. The number of carbonyl (C=O) groups is 1. The number of carbonyl (C=O) groups excluding carboxylic acids is 1. The molecule has 0 heterocycles. The molecule has 104 valence electrons. The minimum Gasteiger partial charge on any atom is -0.489 e. The molecule has 0 unspecified atom stereocenters. The summed E-state index contributed by atoms with van der Waals surface area (Å²) in [4.78, 5) is 11.7. The summed E-state index contributed by atoms with van der Waals surface area (Å²) in [5.74, 6) is 0.421. The standard InChI is InChI=1S/C17H18O3/c1-13(2)20-17(18)15-8-10-16(11-9-15)19-12-14-6-4-3-5-7-14/h3-11,13H,12H2,1-2H3. The average Bonchev–Trinajstić information content (AvgIpc) is 2.46. The molecule has 0 aromatic heterocycles. The second-order valence-electron chi connectivity index (χ2n) is 4.75. The molecule has 0 aliphatic heterocycles. The monoisotopic (exact) mass is 270 g/mol. The Morgan fingerprint density at radius 3 is 2.25 bits per heavy atom. The Morgan fingerprint density at radius 1 is 1.00 bits per heavy atom. The van der Waals surface area contributed by atoms with Crippen LogP contribution in [0.5, 0.6) is 5.75 Å². The summed E-state index contributed by atoms with van der Waals surface area (Å²) in [6.45, 7) is 4.17. The molecule has 0 atom stereocenters. The summed E-state index contributed by atoms with van der Waals surface area (Å²) in [7, 11) is 0. The van der Waals surface area contributed by atoms with E-state index in [2.05, 4.69) is 0 Å². The van der Waals surface area contributed by atoms with Gasteiger partial charge in [-0.15, -0.1) is 0 Å². The van der Waals surface area contributed by atoms with Gasteiger partial charge in [0.15, 0.2) is 0 Å². The topological polar surface area (TPSA) is 35.5 Å². The maximum atomic E-state index is 11.7. The molecule has 3 heteroatoms. The third-order valence-electron chi connectivity index (χ3n) is 2.68. The molecule has 0 amide bonds. The van der Waals surface area contributed by atoms with Crippen molar-refractivity contribution < 1.29 is 14.3 Å². The Hall–Kier alpha value is -2.29. The minimum atomic E-state index is -0.311. The van der Waals surface area contributed by atoms with Crippen LogP contribution in [0.4, 0.5) is 0 Å². The fraction of sp³-hybridized carbons (Fsp3) is 0.235. The van der Waals surface area contributed by atoms with Gasteiger partial charge in [0.25, 0.3) is 0 Å². The highest BCUT2D eigenvalue weighted by Crippen LogP contribution is 2.15. The van der Waals surface area contributed by atoms with Gasteiger partial charge in [-0.1, -0.05) is 30.3 Å². The predicted molar refractivity (Wildman–Crippen MR) is 77.8 cm³/mol. The summed E-state index contributed by atoms with van der Waals surface area (Å²) in [5, 5.41) is 0. The molecule has 0 spiro atoms. The molecule has 2 rings (SSSR count). The van der Waals surface area contributed by atoms with Gasteiger partial charge in [0.2, 0.25) is 0 Å². The Balaban J connectivity index is 1.93. The summed E-state index contributed by atoms with van der Waals surface area (Å²) >= 11 is 0. The van der Waals surface area contributed by atoms with Crippen molar-refractivity contribution in [1.82, 2.24) is 0 Å². The molecule has 0 fully saturated rings. The number of ether oxygens (including phenoxy) is 2. The first-order valence-corrected chi connectivity index (χ1v) is 6.63. The first-order chi connectivity index (χ1) is 9.65. The lowest BCUT2D eigenvalue weighted by atomic mass is 10.2. The van der Waals surface area contributed by atoms with Gasteiger partial charge in [-0.2, -0.15) is 0 Å². The van der Waals surface area contributed by atoms with Crippen molar-refractivity contribution in [2.45, 2.75) is 26.6 Å². The van der Waals surface area contributed by atoms with Crippen molar-refractivity contribution >= 4 is 5.97 Å². The van der Waals surface area contributed by atoms with Crippen LogP contribution in [0.25, 0.3) is 0 Å². The SMILES string of the molecule is CC(C)OC(=O)c1ccc(OCc2ccccc2)cc1. The van der Waals surface area contributed by atoms with Gasteiger partial charge in [0, 0.05) is 0 Å². The van der Waals surface area contributed by atoms with Crippen molar-refractivity contribution in [1.29, 1.82) is 0 Å². The highest BCUT2D eigenvalue weighted by atomic mass is 16.5. The Labute approximate surface area is 119 Å². The van der Waals surface area contributed by atoms with Crippen LogP contribution in [0, 0.1) is 0 Å². The second kappa shape index (κ2) is 6.75. The van der Waals surface area contributed by atoms with Crippen molar-refractivity contribution in [3.05, 3.63) is 65.7 Å². The molecule has 0 radical (unpaired) electrons. The van der Waals surface area contributed by atoms with Crippen molar-refractivity contribution in [3.8, 4) is 5.75 Å². The molecule has 0 saturated heterocycles. The number of hydrogen-bond donors (Lipinski definition) is 0. The normalized spacial score (nSPS) is 10.3. The van der Waals surface area contributed by atoms with E-state index in [1.165, 1.54) is 0 Å². The van der Waals surface area contributed by atoms with E-state index in [0.29, 0.717) is 12.2 Å². The third-order valence-corrected chi connectivity index (χ3v) is 2.68. The van der Waals surface area contributed by atoms with E-state index in [4.69, 9.17) is 9.47 Å². The Kier molecular flexibility index (Phi) is 4.77. The van der Waals surface area contributed by atoms with E-state index in [9.17, 15) is 4.79 Å². The van der Waals surface area contributed by atoms with Crippen LogP contribution in [0.2, 0.25) is 0 Å². The van der Waals surface area contributed by atoms with Crippen LogP contribution in [0.15, 0.2) is 54.6 Å². The van der Waals surface area contributed by atoms with Crippen LogP contribution in [-0.2, 0) is 11.3 Å². The zero-order valence-electron chi connectivity index (χ0n) is 11.7. The number of benzene rings is 2. The highest BCUT2D eigenvalue weighted by Gasteiger charge is 2.08. The van der Waals surface area contributed by atoms with Crippen LogP contribution in [0.1, 0.15) is 29.8 Å². The minimum absolute atomic E-state index is 0.114. The molecule has 0 aliphatic rings. The van der Waals surface area contributed by atoms with Crippen molar-refractivity contribution in [3.63, 3.8) is 0 Å². The molecule has 20 heavy (non-hydrogen) atoms. The van der Waals surface area contributed by atoms with Gasteiger partial charge in [-0.3, -0.25) is 0 Å². The number of rotatable bonds is 5. The van der Waals surface area contributed by atoms with Gasteiger partial charge in [0.05, 0.1) is 11.7 Å². The van der Waals surface area contributed by atoms with E-state index in [0.717, 1.165) is 11.3 Å². The van der Waals surface area contributed by atoms with E-state index < -0.39 is 0 Å². The maximum Gasteiger partial charge on any atom is 0.338 e. The van der Waals surface area contributed by atoms with Gasteiger partial charge in [-0.05, 0) is 43.7 Å². The van der Waals surface area contributed by atoms with Crippen LogP contribution in [0.3, 0.4) is 0 Å². The summed E-state index contributed by atoms with van der Waals surface area (Å²) in [6, 6.07) is 16.9. The van der Waals surface area contributed by atoms with Gasteiger partial charge >= 0.3 is 5.97 Å². The van der Waals surface area contributed by atoms with E-state index >= 15 is 0 Å². The first-order valence-electron chi connectivity index (χ1n) is 6.63.